The molecular formula is C13H15BrN4O2. The van der Waals surface area contributed by atoms with Crippen molar-refractivity contribution in [2.75, 3.05) is 19.0 Å². The van der Waals surface area contributed by atoms with E-state index >= 15 is 0 Å². The van der Waals surface area contributed by atoms with Gasteiger partial charge in [-0.2, -0.15) is 0 Å². The van der Waals surface area contributed by atoms with Gasteiger partial charge in [-0.3, -0.25) is 0 Å². The van der Waals surface area contributed by atoms with Crippen LogP contribution in [0.5, 0.6) is 5.75 Å². The van der Waals surface area contributed by atoms with Crippen LogP contribution in [0.15, 0.2) is 21.0 Å². The van der Waals surface area contributed by atoms with Crippen LogP contribution in [0.4, 0.5) is 6.01 Å². The van der Waals surface area contributed by atoms with Gasteiger partial charge in [0.25, 0.3) is 0 Å². The Morgan fingerprint density at radius 3 is 3.05 bits per heavy atom. The van der Waals surface area contributed by atoms with Crippen LogP contribution in [0, 0.1) is 0 Å². The standard InChI is InChI=1S/C13H15BrN4O2/c1-15-7-11-17-18-13(20-11)16-6-9-5-10(14)4-8-2-3-19-12(8)9/h4-5,15H,2-3,6-7H2,1H3,(H,16,18). The van der Waals surface area contributed by atoms with E-state index in [1.165, 1.54) is 5.56 Å². The second-order valence-corrected chi connectivity index (χ2v) is 5.45. The van der Waals surface area contributed by atoms with Gasteiger partial charge in [-0.1, -0.05) is 21.0 Å². The first kappa shape index (κ1) is 13.4. The molecule has 7 heteroatoms. The molecule has 106 valence electrons. The van der Waals surface area contributed by atoms with E-state index in [1.807, 2.05) is 13.1 Å². The highest BCUT2D eigenvalue weighted by molar-refractivity contribution is 9.10. The second-order valence-electron chi connectivity index (χ2n) is 4.54. The molecule has 1 aromatic heterocycles. The van der Waals surface area contributed by atoms with Crippen LogP contribution in [-0.4, -0.2) is 23.9 Å². The topological polar surface area (TPSA) is 72.2 Å². The zero-order chi connectivity index (χ0) is 13.9. The quantitative estimate of drug-likeness (QED) is 0.869. The Labute approximate surface area is 125 Å². The first-order valence-corrected chi connectivity index (χ1v) is 7.20. The molecule has 2 heterocycles. The molecule has 3 rings (SSSR count). The van der Waals surface area contributed by atoms with Gasteiger partial charge in [0.1, 0.15) is 5.75 Å². The summed E-state index contributed by atoms with van der Waals surface area (Å²) in [6.45, 7) is 1.89. The summed E-state index contributed by atoms with van der Waals surface area (Å²) in [5.41, 5.74) is 2.32. The van der Waals surface area contributed by atoms with Crippen molar-refractivity contribution in [3.05, 3.63) is 33.6 Å². The summed E-state index contributed by atoms with van der Waals surface area (Å²) < 4.78 is 12.2. The number of ether oxygens (including phenoxy) is 1. The molecule has 0 spiro atoms. The van der Waals surface area contributed by atoms with E-state index in [0.717, 1.165) is 28.8 Å². The number of anilines is 1. The van der Waals surface area contributed by atoms with Crippen molar-refractivity contribution in [3.63, 3.8) is 0 Å². The maximum Gasteiger partial charge on any atom is 0.315 e. The lowest BCUT2D eigenvalue weighted by atomic mass is 10.1. The highest BCUT2D eigenvalue weighted by atomic mass is 79.9. The Bertz CT molecular complexity index is 614. The predicted octanol–water partition coefficient (Wildman–Crippen LogP) is 2.10. The van der Waals surface area contributed by atoms with Gasteiger partial charge in [0.15, 0.2) is 0 Å². The monoisotopic (exact) mass is 338 g/mol. The summed E-state index contributed by atoms with van der Waals surface area (Å²) in [6.07, 6.45) is 0.953. The number of benzene rings is 1. The van der Waals surface area contributed by atoms with Crippen LogP contribution >= 0.6 is 15.9 Å². The van der Waals surface area contributed by atoms with Crippen LogP contribution in [0.1, 0.15) is 17.0 Å². The first-order valence-electron chi connectivity index (χ1n) is 6.41. The van der Waals surface area contributed by atoms with Crippen molar-refractivity contribution >= 4 is 21.9 Å². The summed E-state index contributed by atoms with van der Waals surface area (Å²) in [5.74, 6) is 1.53. The van der Waals surface area contributed by atoms with E-state index in [1.54, 1.807) is 0 Å². The average Bonchev–Trinajstić information content (AvgIpc) is 3.05. The number of nitrogens with one attached hydrogen (secondary N) is 2. The van der Waals surface area contributed by atoms with Gasteiger partial charge in [0, 0.05) is 23.0 Å². The van der Waals surface area contributed by atoms with Gasteiger partial charge in [-0.05, 0) is 24.7 Å². The molecule has 0 fully saturated rings. The molecule has 20 heavy (non-hydrogen) atoms. The van der Waals surface area contributed by atoms with Gasteiger partial charge >= 0.3 is 6.01 Å². The Morgan fingerprint density at radius 2 is 2.20 bits per heavy atom. The molecule has 0 radical (unpaired) electrons. The van der Waals surface area contributed by atoms with E-state index < -0.39 is 0 Å². The SMILES string of the molecule is CNCc1nnc(NCc2cc(Br)cc3c2OCC3)o1. The Morgan fingerprint density at radius 1 is 1.30 bits per heavy atom. The van der Waals surface area contributed by atoms with Crippen molar-refractivity contribution in [1.82, 2.24) is 15.5 Å². The summed E-state index contributed by atoms with van der Waals surface area (Å²) in [5, 5.41) is 14.0. The third-order valence-corrected chi connectivity index (χ3v) is 3.51. The van der Waals surface area contributed by atoms with Gasteiger partial charge in [0.05, 0.1) is 13.2 Å². The molecule has 0 atom stereocenters. The predicted molar refractivity (Wildman–Crippen MR) is 77.7 cm³/mol. The van der Waals surface area contributed by atoms with Crippen LogP contribution in [0.3, 0.4) is 0 Å². The fourth-order valence-corrected chi connectivity index (χ4v) is 2.75. The fraction of sp³-hybridized carbons (Fsp3) is 0.385. The number of rotatable bonds is 5. The van der Waals surface area contributed by atoms with E-state index in [4.69, 9.17) is 9.15 Å². The minimum atomic E-state index is 0.418. The number of aromatic nitrogens is 2. The van der Waals surface area contributed by atoms with Gasteiger partial charge in [-0.15, -0.1) is 5.10 Å². The molecule has 0 unspecified atom stereocenters. The van der Waals surface area contributed by atoms with E-state index in [9.17, 15) is 0 Å². The molecule has 1 aromatic carbocycles. The molecule has 0 aliphatic carbocycles. The zero-order valence-corrected chi connectivity index (χ0v) is 12.7. The minimum absolute atomic E-state index is 0.418. The van der Waals surface area contributed by atoms with Gasteiger partial charge < -0.3 is 19.8 Å². The Balaban J connectivity index is 1.72. The highest BCUT2D eigenvalue weighted by Crippen LogP contribution is 2.33. The molecule has 1 aliphatic heterocycles. The molecule has 0 saturated carbocycles. The molecule has 0 bridgehead atoms. The third-order valence-electron chi connectivity index (χ3n) is 3.05. The number of hydrogen-bond acceptors (Lipinski definition) is 6. The van der Waals surface area contributed by atoms with Gasteiger partial charge in [0.2, 0.25) is 5.89 Å². The highest BCUT2D eigenvalue weighted by Gasteiger charge is 2.17. The average molecular weight is 339 g/mol. The van der Waals surface area contributed by atoms with Crippen LogP contribution in [0.25, 0.3) is 0 Å². The Kier molecular flexibility index (Phi) is 3.88. The van der Waals surface area contributed by atoms with Crippen LogP contribution in [-0.2, 0) is 19.5 Å². The van der Waals surface area contributed by atoms with Crippen molar-refractivity contribution in [2.45, 2.75) is 19.5 Å². The zero-order valence-electron chi connectivity index (χ0n) is 11.1. The molecule has 0 saturated heterocycles. The van der Waals surface area contributed by atoms with Gasteiger partial charge in [-0.25, -0.2) is 0 Å². The summed E-state index contributed by atoms with van der Waals surface area (Å²) in [4.78, 5) is 0. The number of fused-ring (bicyclic) bond motifs is 1. The lowest BCUT2D eigenvalue weighted by molar-refractivity contribution is 0.353. The first-order chi connectivity index (χ1) is 9.76. The second kappa shape index (κ2) is 5.80. The molecule has 2 aromatic rings. The lowest BCUT2D eigenvalue weighted by Gasteiger charge is -2.09. The summed E-state index contributed by atoms with van der Waals surface area (Å²) in [7, 11) is 1.83. The maximum absolute atomic E-state index is 5.68. The summed E-state index contributed by atoms with van der Waals surface area (Å²) >= 11 is 3.52. The normalized spacial score (nSPS) is 13.1. The molecular weight excluding hydrogens is 324 g/mol. The molecule has 2 N–H and O–H groups in total. The number of halogens is 1. The third kappa shape index (κ3) is 2.78. The van der Waals surface area contributed by atoms with Crippen LogP contribution in [0.2, 0.25) is 0 Å². The smallest absolute Gasteiger partial charge is 0.315 e. The van der Waals surface area contributed by atoms with Crippen molar-refractivity contribution < 1.29 is 9.15 Å². The molecule has 0 amide bonds. The van der Waals surface area contributed by atoms with E-state index in [2.05, 4.69) is 42.8 Å². The van der Waals surface area contributed by atoms with Crippen molar-refractivity contribution in [2.24, 2.45) is 0 Å². The van der Waals surface area contributed by atoms with E-state index in [0.29, 0.717) is 25.0 Å². The minimum Gasteiger partial charge on any atom is -0.493 e. The maximum atomic E-state index is 5.68. The largest absolute Gasteiger partial charge is 0.493 e. The molecule has 6 nitrogen and oxygen atoms in total. The lowest BCUT2D eigenvalue weighted by Crippen LogP contribution is -2.05. The fourth-order valence-electron chi connectivity index (χ4n) is 2.20. The van der Waals surface area contributed by atoms with E-state index in [-0.39, 0.29) is 0 Å². The van der Waals surface area contributed by atoms with Crippen LogP contribution < -0.4 is 15.4 Å². The number of hydrogen-bond donors (Lipinski definition) is 2. The molecule has 1 aliphatic rings. The van der Waals surface area contributed by atoms with Crippen molar-refractivity contribution in [1.29, 1.82) is 0 Å². The summed E-state index contributed by atoms with van der Waals surface area (Å²) in [6, 6.07) is 4.56. The van der Waals surface area contributed by atoms with Crippen molar-refractivity contribution in [3.8, 4) is 5.75 Å². The Hall–Kier alpha value is -1.60. The number of nitrogens with zero attached hydrogens (tertiary/aromatic N) is 2.